The SMILES string of the molecule is N#CC1(NC(=O)COC(=O)c2ccc(N3CCCC3=O)cc2)CCCC1. The minimum absolute atomic E-state index is 0.0790. The Bertz CT molecular complexity index is 745. The average molecular weight is 355 g/mol. The van der Waals surface area contributed by atoms with Crippen LogP contribution < -0.4 is 10.2 Å². The third-order valence-electron chi connectivity index (χ3n) is 4.87. The zero-order chi connectivity index (χ0) is 18.6. The highest BCUT2D eigenvalue weighted by Gasteiger charge is 2.35. The number of amides is 2. The van der Waals surface area contributed by atoms with E-state index in [1.807, 2.05) is 0 Å². The van der Waals surface area contributed by atoms with Crippen molar-refractivity contribution in [2.75, 3.05) is 18.1 Å². The predicted octanol–water partition coefficient (Wildman–Crippen LogP) is 1.92. The Morgan fingerprint density at radius 2 is 1.88 bits per heavy atom. The Balaban J connectivity index is 1.52. The first-order valence-corrected chi connectivity index (χ1v) is 8.83. The highest BCUT2D eigenvalue weighted by molar-refractivity contribution is 5.96. The second-order valence-corrected chi connectivity index (χ2v) is 6.72. The Kier molecular flexibility index (Phi) is 5.21. The van der Waals surface area contributed by atoms with Crippen molar-refractivity contribution in [3.63, 3.8) is 0 Å². The summed E-state index contributed by atoms with van der Waals surface area (Å²) in [6, 6.07) is 8.71. The number of nitrogens with zero attached hydrogens (tertiary/aromatic N) is 2. The molecule has 1 heterocycles. The summed E-state index contributed by atoms with van der Waals surface area (Å²) in [4.78, 5) is 37.5. The second kappa shape index (κ2) is 7.56. The fraction of sp³-hybridized carbons (Fsp3) is 0.474. The van der Waals surface area contributed by atoms with Crippen molar-refractivity contribution in [3.05, 3.63) is 29.8 Å². The molecular weight excluding hydrogens is 334 g/mol. The van der Waals surface area contributed by atoms with E-state index in [4.69, 9.17) is 4.74 Å². The van der Waals surface area contributed by atoms with Crippen LogP contribution in [0.3, 0.4) is 0 Å². The molecule has 1 aromatic carbocycles. The maximum Gasteiger partial charge on any atom is 0.338 e. The molecule has 0 spiro atoms. The summed E-state index contributed by atoms with van der Waals surface area (Å²) >= 11 is 0. The number of hydrogen-bond acceptors (Lipinski definition) is 5. The van der Waals surface area contributed by atoms with Gasteiger partial charge in [0.1, 0.15) is 5.54 Å². The number of anilines is 1. The number of rotatable bonds is 5. The first-order valence-electron chi connectivity index (χ1n) is 8.83. The van der Waals surface area contributed by atoms with Gasteiger partial charge in [0.25, 0.3) is 5.91 Å². The van der Waals surface area contributed by atoms with E-state index in [0.29, 0.717) is 31.4 Å². The zero-order valence-corrected chi connectivity index (χ0v) is 14.5. The molecule has 1 aromatic rings. The van der Waals surface area contributed by atoms with Crippen LogP contribution in [0.5, 0.6) is 0 Å². The summed E-state index contributed by atoms with van der Waals surface area (Å²) in [5.41, 5.74) is 0.232. The van der Waals surface area contributed by atoms with E-state index in [2.05, 4.69) is 11.4 Å². The average Bonchev–Trinajstić information content (AvgIpc) is 3.29. The molecule has 0 bridgehead atoms. The van der Waals surface area contributed by atoms with Crippen LogP contribution in [0, 0.1) is 11.3 Å². The Morgan fingerprint density at radius 1 is 1.19 bits per heavy atom. The van der Waals surface area contributed by atoms with Gasteiger partial charge >= 0.3 is 5.97 Å². The summed E-state index contributed by atoms with van der Waals surface area (Å²) in [6.45, 7) is 0.262. The van der Waals surface area contributed by atoms with Crippen molar-refractivity contribution in [2.24, 2.45) is 0 Å². The molecule has 0 aromatic heterocycles. The van der Waals surface area contributed by atoms with Crippen LogP contribution in [0.4, 0.5) is 5.69 Å². The normalized spacial score (nSPS) is 18.4. The standard InChI is InChI=1S/C19H21N3O4/c20-13-19(9-1-2-10-19)21-16(23)12-26-18(25)14-5-7-15(8-6-14)22-11-3-4-17(22)24/h5-8H,1-4,9-12H2,(H,21,23). The summed E-state index contributed by atoms with van der Waals surface area (Å²) in [5.74, 6) is -1.01. The molecule has 1 saturated carbocycles. The van der Waals surface area contributed by atoms with Gasteiger partial charge < -0.3 is 15.0 Å². The van der Waals surface area contributed by atoms with E-state index in [0.717, 1.165) is 24.9 Å². The molecule has 0 unspecified atom stereocenters. The van der Waals surface area contributed by atoms with Crippen molar-refractivity contribution in [1.29, 1.82) is 5.26 Å². The molecule has 1 saturated heterocycles. The van der Waals surface area contributed by atoms with Gasteiger partial charge in [-0.05, 0) is 56.4 Å². The van der Waals surface area contributed by atoms with Gasteiger partial charge in [-0.15, -0.1) is 0 Å². The number of hydrogen-bond donors (Lipinski definition) is 1. The largest absolute Gasteiger partial charge is 0.452 e. The number of benzene rings is 1. The molecule has 3 rings (SSSR count). The number of ether oxygens (including phenoxy) is 1. The summed E-state index contributed by atoms with van der Waals surface area (Å²) in [5, 5.41) is 11.9. The van der Waals surface area contributed by atoms with Crippen molar-refractivity contribution in [2.45, 2.75) is 44.1 Å². The zero-order valence-electron chi connectivity index (χ0n) is 14.5. The van der Waals surface area contributed by atoms with Crippen molar-refractivity contribution < 1.29 is 19.1 Å². The van der Waals surface area contributed by atoms with Crippen LogP contribution in [-0.4, -0.2) is 36.5 Å². The fourth-order valence-corrected chi connectivity index (χ4v) is 3.46. The number of nitriles is 1. The van der Waals surface area contributed by atoms with Crippen LogP contribution in [0.2, 0.25) is 0 Å². The molecular formula is C19H21N3O4. The molecule has 7 heteroatoms. The van der Waals surface area contributed by atoms with Crippen LogP contribution in [0.25, 0.3) is 0 Å². The summed E-state index contributed by atoms with van der Waals surface area (Å²) in [6.07, 6.45) is 4.43. The summed E-state index contributed by atoms with van der Waals surface area (Å²) < 4.78 is 5.04. The van der Waals surface area contributed by atoms with Crippen LogP contribution in [-0.2, 0) is 14.3 Å². The van der Waals surface area contributed by atoms with Gasteiger partial charge in [0, 0.05) is 18.7 Å². The maximum atomic E-state index is 12.1. The highest BCUT2D eigenvalue weighted by atomic mass is 16.5. The second-order valence-electron chi connectivity index (χ2n) is 6.72. The van der Waals surface area contributed by atoms with Gasteiger partial charge in [0.05, 0.1) is 11.6 Å². The van der Waals surface area contributed by atoms with Crippen molar-refractivity contribution in [3.8, 4) is 6.07 Å². The van der Waals surface area contributed by atoms with Crippen LogP contribution >= 0.6 is 0 Å². The molecule has 0 radical (unpaired) electrons. The third-order valence-corrected chi connectivity index (χ3v) is 4.87. The van der Waals surface area contributed by atoms with Gasteiger partial charge in [0.15, 0.2) is 6.61 Å². The quantitative estimate of drug-likeness (QED) is 0.814. The predicted molar refractivity (Wildman–Crippen MR) is 93.3 cm³/mol. The minimum atomic E-state index is -0.826. The van der Waals surface area contributed by atoms with E-state index in [1.54, 1.807) is 29.2 Å². The third kappa shape index (κ3) is 3.85. The van der Waals surface area contributed by atoms with Gasteiger partial charge in [-0.1, -0.05) is 0 Å². The Labute approximate surface area is 151 Å². The van der Waals surface area contributed by atoms with Gasteiger partial charge in [-0.2, -0.15) is 5.26 Å². The minimum Gasteiger partial charge on any atom is -0.452 e. The fourth-order valence-electron chi connectivity index (χ4n) is 3.46. The van der Waals surface area contributed by atoms with E-state index in [-0.39, 0.29) is 5.91 Å². The molecule has 2 aliphatic rings. The lowest BCUT2D eigenvalue weighted by Crippen LogP contribution is -2.46. The lowest BCUT2D eigenvalue weighted by atomic mass is 10.00. The Morgan fingerprint density at radius 3 is 2.46 bits per heavy atom. The summed E-state index contributed by atoms with van der Waals surface area (Å²) in [7, 11) is 0. The monoisotopic (exact) mass is 355 g/mol. The first-order chi connectivity index (χ1) is 12.5. The van der Waals surface area contributed by atoms with Gasteiger partial charge in [0.2, 0.25) is 5.91 Å². The number of nitrogens with one attached hydrogen (secondary N) is 1. The molecule has 26 heavy (non-hydrogen) atoms. The number of carbonyl (C=O) groups is 3. The van der Waals surface area contributed by atoms with Gasteiger partial charge in [-0.3, -0.25) is 9.59 Å². The molecule has 2 fully saturated rings. The van der Waals surface area contributed by atoms with Crippen LogP contribution in [0.15, 0.2) is 24.3 Å². The molecule has 1 N–H and O–H groups in total. The molecule has 1 aliphatic carbocycles. The Hall–Kier alpha value is -2.88. The molecule has 2 amide bonds. The maximum absolute atomic E-state index is 12.1. The van der Waals surface area contributed by atoms with E-state index in [9.17, 15) is 19.6 Å². The molecule has 136 valence electrons. The van der Waals surface area contributed by atoms with Gasteiger partial charge in [-0.25, -0.2) is 4.79 Å². The smallest absolute Gasteiger partial charge is 0.338 e. The highest BCUT2D eigenvalue weighted by Crippen LogP contribution is 2.28. The van der Waals surface area contributed by atoms with E-state index >= 15 is 0 Å². The van der Waals surface area contributed by atoms with E-state index in [1.165, 1.54) is 0 Å². The van der Waals surface area contributed by atoms with Crippen molar-refractivity contribution in [1.82, 2.24) is 5.32 Å². The molecule has 7 nitrogen and oxygen atoms in total. The lowest BCUT2D eigenvalue weighted by Gasteiger charge is -2.21. The topological polar surface area (TPSA) is 99.5 Å². The molecule has 1 aliphatic heterocycles. The molecule has 0 atom stereocenters. The lowest BCUT2D eigenvalue weighted by molar-refractivity contribution is -0.125. The first kappa shape index (κ1) is 17.9. The number of esters is 1. The van der Waals surface area contributed by atoms with E-state index < -0.39 is 24.0 Å². The van der Waals surface area contributed by atoms with Crippen LogP contribution in [0.1, 0.15) is 48.9 Å². The van der Waals surface area contributed by atoms with Crippen molar-refractivity contribution >= 4 is 23.5 Å². The number of carbonyl (C=O) groups excluding carboxylic acids is 3.